The summed E-state index contributed by atoms with van der Waals surface area (Å²) in [6.07, 6.45) is 0. The van der Waals surface area contributed by atoms with Crippen molar-refractivity contribution < 1.29 is 27.4 Å². The lowest BCUT2D eigenvalue weighted by Gasteiger charge is -2.17. The molecule has 0 bridgehead atoms. The van der Waals surface area contributed by atoms with Crippen LogP contribution >= 0.6 is 15.9 Å². The molecule has 1 aromatic heterocycles. The number of ether oxygens (including phenoxy) is 2. The smallest absolute Gasteiger partial charge is 0.338 e. The number of rotatable bonds is 7. The Hall–Kier alpha value is -3.52. The van der Waals surface area contributed by atoms with Gasteiger partial charge in [-0.2, -0.15) is 0 Å². The minimum Gasteiger partial charge on any atom is -0.488 e. The lowest BCUT2D eigenvalue weighted by atomic mass is 10.1. The number of aromatic nitrogens is 1. The van der Waals surface area contributed by atoms with E-state index in [2.05, 4.69) is 15.9 Å². The zero-order chi connectivity index (χ0) is 25.1. The molecule has 0 N–H and O–H groups in total. The Morgan fingerprint density at radius 2 is 1.71 bits per heavy atom. The lowest BCUT2D eigenvalue weighted by Crippen LogP contribution is -2.07. The summed E-state index contributed by atoms with van der Waals surface area (Å²) in [6.45, 7) is 3.79. The summed E-state index contributed by atoms with van der Waals surface area (Å²) in [4.78, 5) is 12.3. The van der Waals surface area contributed by atoms with E-state index in [0.29, 0.717) is 16.9 Å². The van der Waals surface area contributed by atoms with Crippen LogP contribution in [0, 0.1) is 24.4 Å². The molecule has 4 nitrogen and oxygen atoms in total. The van der Waals surface area contributed by atoms with Gasteiger partial charge in [-0.05, 0) is 80.1 Å². The van der Waals surface area contributed by atoms with E-state index in [4.69, 9.17) is 9.47 Å². The maximum absolute atomic E-state index is 13.6. The Balaban J connectivity index is 1.73. The van der Waals surface area contributed by atoms with Crippen molar-refractivity contribution in [1.29, 1.82) is 0 Å². The van der Waals surface area contributed by atoms with Crippen molar-refractivity contribution in [3.63, 3.8) is 0 Å². The van der Waals surface area contributed by atoms with Gasteiger partial charge in [0.1, 0.15) is 12.4 Å². The van der Waals surface area contributed by atoms with E-state index in [1.807, 2.05) is 35.8 Å². The fourth-order valence-electron chi connectivity index (χ4n) is 3.76. The number of hydrogen-bond donors (Lipinski definition) is 0. The average Bonchev–Trinajstić information content (AvgIpc) is 3.23. The summed E-state index contributed by atoms with van der Waals surface area (Å²) in [6, 6.07) is 18.1. The maximum atomic E-state index is 13.6. The highest BCUT2D eigenvalue weighted by Gasteiger charge is 2.17. The number of halogens is 4. The molecule has 0 aliphatic heterocycles. The van der Waals surface area contributed by atoms with Crippen molar-refractivity contribution in [3.05, 3.63) is 105 Å². The van der Waals surface area contributed by atoms with Crippen LogP contribution in [0.5, 0.6) is 5.75 Å². The highest BCUT2D eigenvalue weighted by molar-refractivity contribution is 9.10. The number of carbonyl (C=O) groups excluding carboxylic acids is 1. The predicted molar refractivity (Wildman–Crippen MR) is 130 cm³/mol. The SMILES string of the molecule is CCOC(=O)c1cccc(-n2c(C)ccc2-c2cc(Br)ccc2OCc2cc(F)c(F)c(F)c2)c1. The summed E-state index contributed by atoms with van der Waals surface area (Å²) in [5.41, 5.74) is 3.73. The van der Waals surface area contributed by atoms with Crippen molar-refractivity contribution in [2.75, 3.05) is 6.61 Å². The van der Waals surface area contributed by atoms with Gasteiger partial charge in [0.05, 0.1) is 17.9 Å². The third-order valence-electron chi connectivity index (χ3n) is 5.35. The van der Waals surface area contributed by atoms with Crippen LogP contribution in [-0.2, 0) is 11.3 Å². The van der Waals surface area contributed by atoms with Crippen LogP contribution in [0.15, 0.2) is 71.2 Å². The standard InChI is InChI=1S/C27H21BrF3NO3/c1-3-34-27(33)18-5-4-6-20(13-18)32-16(2)7-9-24(32)21-14-19(28)8-10-25(21)35-15-17-11-22(29)26(31)23(30)12-17/h4-14H,3,15H2,1-2H3. The highest BCUT2D eigenvalue weighted by Crippen LogP contribution is 2.36. The molecule has 4 rings (SSSR count). The fourth-order valence-corrected chi connectivity index (χ4v) is 4.12. The van der Waals surface area contributed by atoms with Gasteiger partial charge in [-0.15, -0.1) is 0 Å². The number of hydrogen-bond acceptors (Lipinski definition) is 3. The Morgan fingerprint density at radius 1 is 0.971 bits per heavy atom. The van der Waals surface area contributed by atoms with Crippen LogP contribution in [-0.4, -0.2) is 17.1 Å². The quantitative estimate of drug-likeness (QED) is 0.180. The second kappa shape index (κ2) is 10.4. The predicted octanol–water partition coefficient (Wildman–Crippen LogP) is 7.39. The molecule has 3 aromatic carbocycles. The van der Waals surface area contributed by atoms with Gasteiger partial charge < -0.3 is 14.0 Å². The molecule has 35 heavy (non-hydrogen) atoms. The van der Waals surface area contributed by atoms with E-state index >= 15 is 0 Å². The van der Waals surface area contributed by atoms with Crippen molar-refractivity contribution in [2.24, 2.45) is 0 Å². The Morgan fingerprint density at radius 3 is 2.43 bits per heavy atom. The summed E-state index contributed by atoms with van der Waals surface area (Å²) >= 11 is 3.49. The first kappa shape index (κ1) is 24.6. The topological polar surface area (TPSA) is 40.5 Å². The van der Waals surface area contributed by atoms with E-state index in [9.17, 15) is 18.0 Å². The normalized spacial score (nSPS) is 10.9. The van der Waals surface area contributed by atoms with Crippen LogP contribution in [0.2, 0.25) is 0 Å². The van der Waals surface area contributed by atoms with Crippen molar-refractivity contribution in [3.8, 4) is 22.7 Å². The molecule has 0 aliphatic carbocycles. The van der Waals surface area contributed by atoms with Gasteiger partial charge >= 0.3 is 5.97 Å². The summed E-state index contributed by atoms with van der Waals surface area (Å²) < 4.78 is 54.4. The monoisotopic (exact) mass is 543 g/mol. The van der Waals surface area contributed by atoms with Crippen molar-refractivity contribution in [2.45, 2.75) is 20.5 Å². The van der Waals surface area contributed by atoms with Gasteiger partial charge in [0, 0.05) is 21.4 Å². The average molecular weight is 544 g/mol. The first-order valence-electron chi connectivity index (χ1n) is 10.8. The van der Waals surface area contributed by atoms with Gasteiger partial charge in [0.2, 0.25) is 0 Å². The van der Waals surface area contributed by atoms with Crippen LogP contribution in [0.25, 0.3) is 16.9 Å². The zero-order valence-corrected chi connectivity index (χ0v) is 20.5. The Labute approximate surface area is 209 Å². The van der Waals surface area contributed by atoms with E-state index in [1.54, 1.807) is 37.3 Å². The van der Waals surface area contributed by atoms with Gasteiger partial charge in [-0.1, -0.05) is 22.0 Å². The van der Waals surface area contributed by atoms with E-state index in [0.717, 1.165) is 33.7 Å². The molecule has 0 aliphatic rings. The van der Waals surface area contributed by atoms with Gasteiger partial charge in [0.15, 0.2) is 17.5 Å². The highest BCUT2D eigenvalue weighted by atomic mass is 79.9. The van der Waals surface area contributed by atoms with Crippen LogP contribution in [0.4, 0.5) is 13.2 Å². The number of carbonyl (C=O) groups is 1. The summed E-state index contributed by atoms with van der Waals surface area (Å²) in [7, 11) is 0. The summed E-state index contributed by atoms with van der Waals surface area (Å²) in [5.74, 6) is -4.02. The molecule has 0 saturated carbocycles. The van der Waals surface area contributed by atoms with Gasteiger partial charge in [-0.25, -0.2) is 18.0 Å². The molecule has 8 heteroatoms. The second-order valence-electron chi connectivity index (χ2n) is 7.77. The van der Waals surface area contributed by atoms with E-state index < -0.39 is 23.4 Å². The maximum Gasteiger partial charge on any atom is 0.338 e. The molecular weight excluding hydrogens is 523 g/mol. The molecule has 0 atom stereocenters. The van der Waals surface area contributed by atoms with Gasteiger partial charge in [0.25, 0.3) is 0 Å². The minimum atomic E-state index is -1.52. The molecule has 0 fully saturated rings. The van der Waals surface area contributed by atoms with E-state index in [-0.39, 0.29) is 18.8 Å². The second-order valence-corrected chi connectivity index (χ2v) is 8.68. The molecule has 0 unspecified atom stereocenters. The number of nitrogens with zero attached hydrogens (tertiary/aromatic N) is 1. The molecule has 180 valence electrons. The number of esters is 1. The fraction of sp³-hybridized carbons (Fsp3) is 0.148. The Bertz CT molecular complexity index is 1380. The van der Waals surface area contributed by atoms with Crippen molar-refractivity contribution in [1.82, 2.24) is 4.57 Å². The first-order chi connectivity index (χ1) is 16.8. The molecule has 0 saturated heterocycles. The minimum absolute atomic E-state index is 0.156. The summed E-state index contributed by atoms with van der Waals surface area (Å²) in [5, 5.41) is 0. The van der Waals surface area contributed by atoms with Crippen LogP contribution < -0.4 is 4.74 Å². The number of benzene rings is 3. The lowest BCUT2D eigenvalue weighted by molar-refractivity contribution is 0.0526. The molecule has 0 radical (unpaired) electrons. The largest absolute Gasteiger partial charge is 0.488 e. The van der Waals surface area contributed by atoms with Gasteiger partial charge in [-0.3, -0.25) is 0 Å². The molecular formula is C27H21BrF3NO3. The third kappa shape index (κ3) is 5.27. The number of aryl methyl sites for hydroxylation is 1. The van der Waals surface area contributed by atoms with Crippen LogP contribution in [0.3, 0.4) is 0 Å². The molecule has 0 amide bonds. The van der Waals surface area contributed by atoms with Crippen LogP contribution in [0.1, 0.15) is 28.5 Å². The van der Waals surface area contributed by atoms with Crippen molar-refractivity contribution >= 4 is 21.9 Å². The molecule has 0 spiro atoms. The zero-order valence-electron chi connectivity index (χ0n) is 18.9. The van der Waals surface area contributed by atoms with E-state index in [1.165, 1.54) is 0 Å². The molecule has 4 aromatic rings. The third-order valence-corrected chi connectivity index (χ3v) is 5.84. The Kier molecular flexibility index (Phi) is 7.31. The first-order valence-corrected chi connectivity index (χ1v) is 11.6. The molecule has 1 heterocycles.